The van der Waals surface area contributed by atoms with Gasteiger partial charge < -0.3 is 5.11 Å². The van der Waals surface area contributed by atoms with Crippen LogP contribution in [0.1, 0.15) is 55.4 Å². The maximum absolute atomic E-state index is 11.3. The van der Waals surface area contributed by atoms with E-state index in [0.29, 0.717) is 0 Å². The molecule has 1 unspecified atom stereocenters. The fraction of sp³-hybridized carbons (Fsp3) is 0.350. The molecule has 0 saturated carbocycles. The molecule has 0 saturated heterocycles. The van der Waals surface area contributed by atoms with Crippen molar-refractivity contribution < 1.29 is 9.90 Å². The average molecular weight is 296 g/mol. The smallest absolute Gasteiger partial charge is 0.304 e. The van der Waals surface area contributed by atoms with Crippen molar-refractivity contribution in [2.45, 2.75) is 45.4 Å². The van der Waals surface area contributed by atoms with Crippen LogP contribution in [0.5, 0.6) is 0 Å². The second-order valence-corrected chi connectivity index (χ2v) is 6.94. The largest absolute Gasteiger partial charge is 0.481 e. The van der Waals surface area contributed by atoms with E-state index in [1.807, 2.05) is 25.1 Å². The summed E-state index contributed by atoms with van der Waals surface area (Å²) in [5.41, 5.74) is 4.63. The Morgan fingerprint density at radius 3 is 2.18 bits per heavy atom. The summed E-state index contributed by atoms with van der Waals surface area (Å²) in [5.74, 6) is -0.877. The van der Waals surface area contributed by atoms with Gasteiger partial charge in [-0.1, -0.05) is 74.9 Å². The van der Waals surface area contributed by atoms with Crippen LogP contribution in [0.2, 0.25) is 0 Å². The van der Waals surface area contributed by atoms with Crippen LogP contribution in [-0.2, 0) is 10.2 Å². The van der Waals surface area contributed by atoms with Gasteiger partial charge in [-0.05, 0) is 29.0 Å². The SMILES string of the molecule is Cc1cccc(C(CC(=O)O)c2ccc(C(C)(C)C)cc2)c1. The van der Waals surface area contributed by atoms with E-state index >= 15 is 0 Å². The first-order valence-electron chi connectivity index (χ1n) is 7.66. The minimum absolute atomic E-state index is 0.101. The number of aliphatic carboxylic acids is 1. The quantitative estimate of drug-likeness (QED) is 0.871. The van der Waals surface area contributed by atoms with Crippen molar-refractivity contribution in [2.75, 3.05) is 0 Å². The summed E-state index contributed by atoms with van der Waals surface area (Å²) in [7, 11) is 0. The summed E-state index contributed by atoms with van der Waals surface area (Å²) in [6.45, 7) is 8.57. The molecule has 1 atom stereocenters. The van der Waals surface area contributed by atoms with Gasteiger partial charge in [-0.15, -0.1) is 0 Å². The summed E-state index contributed by atoms with van der Waals surface area (Å²) >= 11 is 0. The van der Waals surface area contributed by atoms with E-state index in [1.54, 1.807) is 0 Å². The molecule has 0 aromatic heterocycles. The minimum atomic E-state index is -0.772. The Morgan fingerprint density at radius 1 is 1.05 bits per heavy atom. The standard InChI is InChI=1S/C20H24O2/c1-14-6-5-7-16(12-14)18(13-19(21)22)15-8-10-17(11-9-15)20(2,3)4/h5-12,18H,13H2,1-4H3,(H,21,22). The summed E-state index contributed by atoms with van der Waals surface area (Å²) in [5, 5.41) is 9.26. The second-order valence-electron chi connectivity index (χ2n) is 6.94. The lowest BCUT2D eigenvalue weighted by molar-refractivity contribution is -0.137. The highest BCUT2D eigenvalue weighted by molar-refractivity contribution is 5.69. The van der Waals surface area contributed by atoms with E-state index in [4.69, 9.17) is 0 Å². The van der Waals surface area contributed by atoms with Crippen LogP contribution < -0.4 is 0 Å². The van der Waals surface area contributed by atoms with Gasteiger partial charge in [0.25, 0.3) is 0 Å². The number of carboxylic acid groups (broad SMARTS) is 1. The van der Waals surface area contributed by atoms with Crippen molar-refractivity contribution in [1.82, 2.24) is 0 Å². The van der Waals surface area contributed by atoms with E-state index in [9.17, 15) is 9.90 Å². The molecule has 0 radical (unpaired) electrons. The van der Waals surface area contributed by atoms with Crippen LogP contribution in [0, 0.1) is 6.92 Å². The second kappa shape index (κ2) is 6.35. The first kappa shape index (κ1) is 16.3. The molecule has 0 bridgehead atoms. The van der Waals surface area contributed by atoms with E-state index in [-0.39, 0.29) is 17.8 Å². The molecule has 22 heavy (non-hydrogen) atoms. The highest BCUT2D eigenvalue weighted by atomic mass is 16.4. The number of carboxylic acids is 1. The van der Waals surface area contributed by atoms with Crippen molar-refractivity contribution >= 4 is 5.97 Å². The number of hydrogen-bond acceptors (Lipinski definition) is 1. The Balaban J connectivity index is 2.39. The molecular formula is C20H24O2. The Bertz CT molecular complexity index is 648. The molecule has 2 nitrogen and oxygen atoms in total. The number of rotatable bonds is 4. The zero-order valence-corrected chi connectivity index (χ0v) is 13.8. The Kier molecular flexibility index (Phi) is 4.70. The maximum Gasteiger partial charge on any atom is 0.304 e. The fourth-order valence-electron chi connectivity index (χ4n) is 2.71. The van der Waals surface area contributed by atoms with Gasteiger partial charge in [-0.3, -0.25) is 4.79 Å². The van der Waals surface area contributed by atoms with Gasteiger partial charge in [0, 0.05) is 5.92 Å². The third kappa shape index (κ3) is 3.97. The molecule has 2 heteroatoms. The fourth-order valence-corrected chi connectivity index (χ4v) is 2.71. The monoisotopic (exact) mass is 296 g/mol. The molecule has 2 aromatic rings. The Labute approximate surface area is 132 Å². The van der Waals surface area contributed by atoms with Gasteiger partial charge in [-0.25, -0.2) is 0 Å². The molecule has 116 valence electrons. The predicted octanol–water partition coefficient (Wildman–Crippen LogP) is 4.90. The first-order valence-corrected chi connectivity index (χ1v) is 7.66. The topological polar surface area (TPSA) is 37.3 Å². The van der Waals surface area contributed by atoms with Gasteiger partial charge >= 0.3 is 5.97 Å². The highest BCUT2D eigenvalue weighted by Crippen LogP contribution is 2.31. The number of hydrogen-bond donors (Lipinski definition) is 1. The van der Waals surface area contributed by atoms with Crippen LogP contribution in [0.25, 0.3) is 0 Å². The van der Waals surface area contributed by atoms with Gasteiger partial charge in [0.1, 0.15) is 0 Å². The average Bonchev–Trinajstić information content (AvgIpc) is 2.44. The van der Waals surface area contributed by atoms with Gasteiger partial charge in [0.05, 0.1) is 6.42 Å². The van der Waals surface area contributed by atoms with Crippen molar-refractivity contribution in [3.05, 3.63) is 70.8 Å². The Morgan fingerprint density at radius 2 is 1.68 bits per heavy atom. The molecule has 2 aromatic carbocycles. The molecule has 0 aliphatic heterocycles. The first-order chi connectivity index (χ1) is 10.3. The molecule has 0 aliphatic rings. The van der Waals surface area contributed by atoms with Crippen molar-refractivity contribution in [2.24, 2.45) is 0 Å². The lowest BCUT2D eigenvalue weighted by Gasteiger charge is -2.21. The van der Waals surface area contributed by atoms with Crippen molar-refractivity contribution in [1.29, 1.82) is 0 Å². The number of carbonyl (C=O) groups is 1. The zero-order valence-electron chi connectivity index (χ0n) is 13.8. The van der Waals surface area contributed by atoms with Crippen LogP contribution in [0.15, 0.2) is 48.5 Å². The van der Waals surface area contributed by atoms with E-state index in [2.05, 4.69) is 51.1 Å². The highest BCUT2D eigenvalue weighted by Gasteiger charge is 2.19. The van der Waals surface area contributed by atoms with Gasteiger partial charge in [0.15, 0.2) is 0 Å². The van der Waals surface area contributed by atoms with Gasteiger partial charge in [-0.2, -0.15) is 0 Å². The predicted molar refractivity (Wildman–Crippen MR) is 90.4 cm³/mol. The summed E-state index contributed by atoms with van der Waals surface area (Å²) in [6, 6.07) is 16.5. The van der Waals surface area contributed by atoms with Crippen molar-refractivity contribution in [3.63, 3.8) is 0 Å². The molecule has 0 aliphatic carbocycles. The minimum Gasteiger partial charge on any atom is -0.481 e. The lowest BCUT2D eigenvalue weighted by Crippen LogP contribution is -2.12. The van der Waals surface area contributed by atoms with E-state index in [1.165, 1.54) is 5.56 Å². The summed E-state index contributed by atoms with van der Waals surface area (Å²) in [4.78, 5) is 11.3. The maximum atomic E-state index is 11.3. The molecule has 0 heterocycles. The van der Waals surface area contributed by atoms with Crippen molar-refractivity contribution in [3.8, 4) is 0 Å². The number of benzene rings is 2. The third-order valence-electron chi connectivity index (χ3n) is 4.00. The van der Waals surface area contributed by atoms with Gasteiger partial charge in [0.2, 0.25) is 0 Å². The van der Waals surface area contributed by atoms with E-state index in [0.717, 1.165) is 16.7 Å². The normalized spacial score (nSPS) is 12.9. The van der Waals surface area contributed by atoms with Crippen LogP contribution in [-0.4, -0.2) is 11.1 Å². The van der Waals surface area contributed by atoms with Crippen LogP contribution >= 0.6 is 0 Å². The number of aryl methyl sites for hydroxylation is 1. The van der Waals surface area contributed by atoms with E-state index < -0.39 is 5.97 Å². The van der Waals surface area contributed by atoms with Crippen LogP contribution in [0.4, 0.5) is 0 Å². The molecule has 1 N–H and O–H groups in total. The molecular weight excluding hydrogens is 272 g/mol. The molecule has 0 spiro atoms. The molecule has 0 fully saturated rings. The molecule has 0 amide bonds. The lowest BCUT2D eigenvalue weighted by atomic mass is 9.83. The molecule has 2 rings (SSSR count). The third-order valence-corrected chi connectivity index (χ3v) is 4.00. The summed E-state index contributed by atoms with van der Waals surface area (Å²) in [6.07, 6.45) is 0.109. The summed E-state index contributed by atoms with van der Waals surface area (Å²) < 4.78 is 0. The Hall–Kier alpha value is -2.09. The zero-order chi connectivity index (χ0) is 16.3. The van der Waals surface area contributed by atoms with Crippen LogP contribution in [0.3, 0.4) is 0 Å².